The van der Waals surface area contributed by atoms with E-state index >= 15 is 0 Å². The molecule has 0 aromatic carbocycles. The number of rotatable bonds is 7. The maximum Gasteiger partial charge on any atom is 0.460 e. The molecule has 26 heavy (non-hydrogen) atoms. The van der Waals surface area contributed by atoms with Crippen molar-refractivity contribution >= 4 is 21.6 Å². The molecule has 0 nitrogen and oxygen atoms in total. The van der Waals surface area contributed by atoms with Crippen molar-refractivity contribution < 1.29 is 57.1 Å². The van der Waals surface area contributed by atoms with Crippen molar-refractivity contribution in [3.63, 3.8) is 0 Å². The molecule has 1 fully saturated rings. The fourth-order valence-corrected chi connectivity index (χ4v) is 4.84. The summed E-state index contributed by atoms with van der Waals surface area (Å²) in [7, 11) is 2.10. The zero-order valence-electron chi connectivity index (χ0n) is 12.1. The maximum absolute atomic E-state index is 13.5. The van der Waals surface area contributed by atoms with Crippen molar-refractivity contribution in [2.24, 2.45) is 0 Å². The molecular formula is C11H9F13S2. The smallest absolute Gasteiger partial charge is 0.200 e. The first-order chi connectivity index (χ1) is 11.3. The summed E-state index contributed by atoms with van der Waals surface area (Å²) in [4.78, 5) is 0. The van der Waals surface area contributed by atoms with E-state index in [1.807, 2.05) is 0 Å². The van der Waals surface area contributed by atoms with Gasteiger partial charge in [0.2, 0.25) is 0 Å². The van der Waals surface area contributed by atoms with Gasteiger partial charge in [-0.25, -0.2) is 0 Å². The molecule has 1 aliphatic heterocycles. The molecule has 0 radical (unpaired) electrons. The highest BCUT2D eigenvalue weighted by molar-refractivity contribution is 8.77. The fourth-order valence-electron chi connectivity index (χ4n) is 1.87. The van der Waals surface area contributed by atoms with Gasteiger partial charge < -0.3 is 0 Å². The third-order valence-corrected chi connectivity index (χ3v) is 6.51. The highest BCUT2D eigenvalue weighted by atomic mass is 33.1. The first-order valence-corrected chi connectivity index (χ1v) is 8.95. The Morgan fingerprint density at radius 1 is 0.654 bits per heavy atom. The summed E-state index contributed by atoms with van der Waals surface area (Å²) >= 11 is 0. The van der Waals surface area contributed by atoms with Gasteiger partial charge in [-0.2, -0.15) is 57.1 Å². The van der Waals surface area contributed by atoms with E-state index in [1.165, 1.54) is 0 Å². The molecule has 0 amide bonds. The van der Waals surface area contributed by atoms with E-state index in [0.717, 1.165) is 21.6 Å². The molecule has 1 rings (SSSR count). The molecule has 156 valence electrons. The third kappa shape index (κ3) is 3.70. The Morgan fingerprint density at radius 3 is 1.50 bits per heavy atom. The molecular weight excluding hydrogens is 443 g/mol. The summed E-state index contributed by atoms with van der Waals surface area (Å²) in [5.41, 5.74) is 0. The maximum atomic E-state index is 13.5. The second kappa shape index (κ2) is 6.99. The first-order valence-electron chi connectivity index (χ1n) is 6.57. The van der Waals surface area contributed by atoms with Crippen LogP contribution >= 0.6 is 21.6 Å². The Balaban J connectivity index is 3.16. The van der Waals surface area contributed by atoms with Gasteiger partial charge in [-0.3, -0.25) is 0 Å². The van der Waals surface area contributed by atoms with Crippen LogP contribution in [0, 0.1) is 0 Å². The van der Waals surface area contributed by atoms with Crippen molar-refractivity contribution in [3.05, 3.63) is 0 Å². The van der Waals surface area contributed by atoms with Gasteiger partial charge in [0.25, 0.3) is 0 Å². The second-order valence-corrected chi connectivity index (χ2v) is 8.15. The predicted molar refractivity (Wildman–Crippen MR) is 68.5 cm³/mol. The Morgan fingerprint density at radius 2 is 1.12 bits per heavy atom. The van der Waals surface area contributed by atoms with Crippen LogP contribution in [0.25, 0.3) is 0 Å². The number of alkyl halides is 13. The topological polar surface area (TPSA) is 0 Å². The van der Waals surface area contributed by atoms with Crippen molar-refractivity contribution in [3.8, 4) is 0 Å². The summed E-state index contributed by atoms with van der Waals surface area (Å²) in [5.74, 6) is -35.8. The minimum absolute atomic E-state index is 0.218. The zero-order chi connectivity index (χ0) is 20.8. The summed E-state index contributed by atoms with van der Waals surface area (Å²) in [6.07, 6.45) is -10.1. The predicted octanol–water partition coefficient (Wildman–Crippen LogP) is 6.66. The summed E-state index contributed by atoms with van der Waals surface area (Å²) in [6.45, 7) is 0. The molecule has 1 atom stereocenters. The van der Waals surface area contributed by atoms with Gasteiger partial charge in [0.05, 0.1) is 0 Å². The monoisotopic (exact) mass is 452 g/mol. The molecule has 0 bridgehead atoms. The van der Waals surface area contributed by atoms with Gasteiger partial charge in [-0.15, -0.1) is 0 Å². The summed E-state index contributed by atoms with van der Waals surface area (Å²) < 4.78 is 167. The number of halogens is 13. The van der Waals surface area contributed by atoms with Crippen LogP contribution < -0.4 is 0 Å². The van der Waals surface area contributed by atoms with Crippen LogP contribution in [0.2, 0.25) is 0 Å². The van der Waals surface area contributed by atoms with Gasteiger partial charge in [-0.1, -0.05) is 21.6 Å². The van der Waals surface area contributed by atoms with Gasteiger partial charge in [-0.05, 0) is 12.8 Å². The van der Waals surface area contributed by atoms with Crippen molar-refractivity contribution in [2.45, 2.75) is 60.3 Å². The fraction of sp³-hybridized carbons (Fsp3) is 1.00. The van der Waals surface area contributed by atoms with Crippen LogP contribution in [0.15, 0.2) is 0 Å². The minimum Gasteiger partial charge on any atom is -0.200 e. The van der Waals surface area contributed by atoms with Gasteiger partial charge in [0, 0.05) is 17.4 Å². The standard InChI is InChI=1S/C11H9F13S2/c12-6(13,3-1-5-2-4-25-26-5)7(14,15)8(16,17)9(18,19)10(20,21)11(22,23)24/h5H,1-4H2. The highest BCUT2D eigenvalue weighted by Crippen LogP contribution is 2.61. The van der Waals surface area contributed by atoms with Gasteiger partial charge in [0.15, 0.2) is 0 Å². The van der Waals surface area contributed by atoms with E-state index in [9.17, 15) is 57.1 Å². The molecule has 0 aromatic rings. The van der Waals surface area contributed by atoms with Crippen molar-refractivity contribution in [2.75, 3.05) is 5.75 Å². The van der Waals surface area contributed by atoms with E-state index in [1.54, 1.807) is 0 Å². The molecule has 0 N–H and O–H groups in total. The Bertz CT molecular complexity index is 493. The van der Waals surface area contributed by atoms with E-state index in [0.29, 0.717) is 5.75 Å². The van der Waals surface area contributed by atoms with Crippen LogP contribution in [-0.2, 0) is 0 Å². The minimum atomic E-state index is -7.82. The lowest BCUT2D eigenvalue weighted by atomic mass is 9.91. The Hall–Kier alpha value is -0.210. The number of hydrogen-bond donors (Lipinski definition) is 0. The Labute approximate surface area is 145 Å². The van der Waals surface area contributed by atoms with Crippen molar-refractivity contribution in [1.82, 2.24) is 0 Å². The quantitative estimate of drug-likeness (QED) is 0.313. The van der Waals surface area contributed by atoms with Crippen molar-refractivity contribution in [1.29, 1.82) is 0 Å². The lowest BCUT2D eigenvalue weighted by molar-refractivity contribution is -0.440. The third-order valence-electron chi connectivity index (χ3n) is 3.51. The van der Waals surface area contributed by atoms with E-state index in [2.05, 4.69) is 0 Å². The molecule has 1 unspecified atom stereocenters. The SMILES string of the molecule is FC(F)(F)C(F)(F)C(F)(F)C(F)(F)C(F)(F)C(F)(F)CCC1CCSS1. The molecule has 15 heteroatoms. The largest absolute Gasteiger partial charge is 0.460 e. The molecule has 0 aliphatic carbocycles. The second-order valence-electron chi connectivity index (χ2n) is 5.37. The average Bonchev–Trinajstić information content (AvgIpc) is 2.96. The lowest BCUT2D eigenvalue weighted by Crippen LogP contribution is -2.70. The van der Waals surface area contributed by atoms with Crippen LogP contribution in [0.3, 0.4) is 0 Å². The number of hydrogen-bond acceptors (Lipinski definition) is 2. The molecule has 0 aromatic heterocycles. The van der Waals surface area contributed by atoms with Crippen LogP contribution in [0.1, 0.15) is 19.3 Å². The van der Waals surface area contributed by atoms with E-state index in [-0.39, 0.29) is 6.42 Å². The highest BCUT2D eigenvalue weighted by Gasteiger charge is 2.90. The molecule has 1 saturated heterocycles. The van der Waals surface area contributed by atoms with Crippen LogP contribution in [0.5, 0.6) is 0 Å². The van der Waals surface area contributed by atoms with E-state index in [4.69, 9.17) is 0 Å². The van der Waals surface area contributed by atoms with Gasteiger partial charge in [0.1, 0.15) is 0 Å². The lowest BCUT2D eigenvalue weighted by Gasteiger charge is -2.39. The molecule has 0 spiro atoms. The normalized spacial score (nSPS) is 21.3. The van der Waals surface area contributed by atoms with E-state index < -0.39 is 53.9 Å². The Kier molecular flexibility index (Phi) is 6.41. The van der Waals surface area contributed by atoms with Crippen LogP contribution in [0.4, 0.5) is 57.1 Å². The molecule has 1 aliphatic rings. The van der Waals surface area contributed by atoms with Gasteiger partial charge >= 0.3 is 35.8 Å². The average molecular weight is 452 g/mol. The summed E-state index contributed by atoms with van der Waals surface area (Å²) in [5, 5.41) is -0.701. The molecule has 1 heterocycles. The zero-order valence-corrected chi connectivity index (χ0v) is 13.8. The summed E-state index contributed by atoms with van der Waals surface area (Å²) in [6, 6.07) is 0. The first kappa shape index (κ1) is 23.8. The van der Waals surface area contributed by atoms with Crippen LogP contribution in [-0.4, -0.2) is 46.8 Å². The molecule has 0 saturated carbocycles.